The number of aryl methyl sites for hydroxylation is 2. The van der Waals surface area contributed by atoms with Crippen LogP contribution in [0.5, 0.6) is 0 Å². The standard InChI is InChI=1S/C26H20N4O/c1-2-8-24-19(5-1)9-10-20-11-12-21(26-27-14-16-31-26)17-25(20)30(24)23-7-3-6-22(18-23)29-15-4-13-28-29/h1-8,11-18H,9-10H2. The van der Waals surface area contributed by atoms with Gasteiger partial charge in [0.25, 0.3) is 0 Å². The van der Waals surface area contributed by atoms with E-state index in [0.717, 1.165) is 35.5 Å². The molecule has 0 atom stereocenters. The quantitative estimate of drug-likeness (QED) is 0.365. The van der Waals surface area contributed by atoms with Crippen LogP contribution in [0.3, 0.4) is 0 Å². The van der Waals surface area contributed by atoms with Gasteiger partial charge in [0.05, 0.1) is 17.6 Å². The average Bonchev–Trinajstić information content (AvgIpc) is 3.52. The van der Waals surface area contributed by atoms with Crippen molar-refractivity contribution in [3.8, 4) is 17.1 Å². The molecule has 3 aromatic carbocycles. The number of hydrogen-bond acceptors (Lipinski definition) is 4. The molecule has 0 bridgehead atoms. The largest absolute Gasteiger partial charge is 0.445 e. The third-order valence-electron chi connectivity index (χ3n) is 5.76. The molecule has 5 aromatic rings. The van der Waals surface area contributed by atoms with Crippen LogP contribution in [-0.2, 0) is 12.8 Å². The van der Waals surface area contributed by atoms with Gasteiger partial charge in [0, 0.05) is 29.3 Å². The van der Waals surface area contributed by atoms with Crippen molar-refractivity contribution in [3.05, 3.63) is 109 Å². The van der Waals surface area contributed by atoms with Gasteiger partial charge in [-0.2, -0.15) is 5.10 Å². The Hall–Kier alpha value is -4.12. The highest BCUT2D eigenvalue weighted by Gasteiger charge is 2.23. The second-order valence-corrected chi connectivity index (χ2v) is 7.62. The zero-order valence-electron chi connectivity index (χ0n) is 16.8. The van der Waals surface area contributed by atoms with E-state index in [9.17, 15) is 0 Å². The van der Waals surface area contributed by atoms with Crippen LogP contribution in [0.15, 0.2) is 102 Å². The Balaban J connectivity index is 1.57. The van der Waals surface area contributed by atoms with Gasteiger partial charge in [-0.1, -0.05) is 30.3 Å². The summed E-state index contributed by atoms with van der Waals surface area (Å²) < 4.78 is 7.47. The Bertz CT molecular complexity index is 1340. The molecule has 150 valence electrons. The minimum absolute atomic E-state index is 0.630. The Labute approximate surface area is 180 Å². The van der Waals surface area contributed by atoms with E-state index >= 15 is 0 Å². The van der Waals surface area contributed by atoms with Crippen LogP contribution in [0.4, 0.5) is 17.1 Å². The van der Waals surface area contributed by atoms with E-state index in [1.807, 2.05) is 16.9 Å². The molecule has 0 saturated heterocycles. The van der Waals surface area contributed by atoms with Gasteiger partial charge in [-0.15, -0.1) is 0 Å². The molecule has 0 aliphatic carbocycles. The molecule has 6 rings (SSSR count). The molecule has 0 amide bonds. The number of para-hydroxylation sites is 1. The fourth-order valence-electron chi connectivity index (χ4n) is 4.30. The van der Waals surface area contributed by atoms with Gasteiger partial charge in [-0.05, 0) is 66.4 Å². The number of benzene rings is 3. The van der Waals surface area contributed by atoms with Gasteiger partial charge < -0.3 is 9.32 Å². The lowest BCUT2D eigenvalue weighted by atomic mass is 10.0. The lowest BCUT2D eigenvalue weighted by Gasteiger charge is -2.28. The molecule has 0 radical (unpaired) electrons. The summed E-state index contributed by atoms with van der Waals surface area (Å²) in [7, 11) is 0. The zero-order valence-corrected chi connectivity index (χ0v) is 16.8. The number of fused-ring (bicyclic) bond motifs is 2. The first-order valence-electron chi connectivity index (χ1n) is 10.4. The highest BCUT2D eigenvalue weighted by Crippen LogP contribution is 2.43. The number of aromatic nitrogens is 3. The fourth-order valence-corrected chi connectivity index (χ4v) is 4.30. The van der Waals surface area contributed by atoms with Crippen LogP contribution in [-0.4, -0.2) is 14.8 Å². The molecule has 31 heavy (non-hydrogen) atoms. The maximum Gasteiger partial charge on any atom is 0.225 e. The molecule has 0 N–H and O–H groups in total. The van der Waals surface area contributed by atoms with E-state index in [1.165, 1.54) is 16.8 Å². The Morgan fingerprint density at radius 1 is 0.742 bits per heavy atom. The third kappa shape index (κ3) is 3.11. The lowest BCUT2D eigenvalue weighted by Crippen LogP contribution is -2.12. The summed E-state index contributed by atoms with van der Waals surface area (Å²) in [6, 6.07) is 25.5. The van der Waals surface area contributed by atoms with Gasteiger partial charge in [0.1, 0.15) is 6.26 Å². The second kappa shape index (κ2) is 7.29. The average molecular weight is 404 g/mol. The molecule has 5 nitrogen and oxygen atoms in total. The van der Waals surface area contributed by atoms with Gasteiger partial charge in [-0.25, -0.2) is 9.67 Å². The normalized spacial score (nSPS) is 12.8. The van der Waals surface area contributed by atoms with Gasteiger partial charge >= 0.3 is 0 Å². The summed E-state index contributed by atoms with van der Waals surface area (Å²) in [5.74, 6) is 0.630. The van der Waals surface area contributed by atoms with E-state index in [2.05, 4.69) is 81.7 Å². The topological polar surface area (TPSA) is 47.1 Å². The summed E-state index contributed by atoms with van der Waals surface area (Å²) in [4.78, 5) is 6.70. The van der Waals surface area contributed by atoms with Crippen molar-refractivity contribution in [2.75, 3.05) is 4.90 Å². The minimum Gasteiger partial charge on any atom is -0.445 e. The van der Waals surface area contributed by atoms with Crippen LogP contribution in [0, 0.1) is 0 Å². The van der Waals surface area contributed by atoms with Crippen LogP contribution in [0.1, 0.15) is 11.1 Å². The summed E-state index contributed by atoms with van der Waals surface area (Å²) >= 11 is 0. The van der Waals surface area contributed by atoms with Crippen LogP contribution in [0.25, 0.3) is 17.1 Å². The van der Waals surface area contributed by atoms with E-state index in [4.69, 9.17) is 4.42 Å². The first kappa shape index (κ1) is 17.7. The van der Waals surface area contributed by atoms with Gasteiger partial charge in [-0.3, -0.25) is 0 Å². The van der Waals surface area contributed by atoms with E-state index in [0.29, 0.717) is 5.89 Å². The molecule has 0 spiro atoms. The first-order chi connectivity index (χ1) is 15.4. The predicted molar refractivity (Wildman–Crippen MR) is 121 cm³/mol. The van der Waals surface area contributed by atoms with Crippen molar-refractivity contribution in [1.82, 2.24) is 14.8 Å². The molecule has 0 fully saturated rings. The fraction of sp³-hybridized carbons (Fsp3) is 0.0769. The van der Waals surface area contributed by atoms with Gasteiger partial charge in [0.15, 0.2) is 0 Å². The van der Waals surface area contributed by atoms with Crippen molar-refractivity contribution in [3.63, 3.8) is 0 Å². The lowest BCUT2D eigenvalue weighted by molar-refractivity contribution is 0.574. The molecular formula is C26H20N4O. The molecular weight excluding hydrogens is 384 g/mol. The Morgan fingerprint density at radius 2 is 1.61 bits per heavy atom. The molecule has 0 saturated carbocycles. The van der Waals surface area contributed by atoms with Crippen molar-refractivity contribution < 1.29 is 4.42 Å². The van der Waals surface area contributed by atoms with E-state index in [1.54, 1.807) is 18.7 Å². The van der Waals surface area contributed by atoms with Crippen LogP contribution >= 0.6 is 0 Å². The van der Waals surface area contributed by atoms with Crippen molar-refractivity contribution >= 4 is 17.1 Å². The maximum absolute atomic E-state index is 5.58. The maximum atomic E-state index is 5.58. The summed E-state index contributed by atoms with van der Waals surface area (Å²) in [6.07, 6.45) is 9.03. The zero-order chi connectivity index (χ0) is 20.6. The van der Waals surface area contributed by atoms with Crippen LogP contribution in [0.2, 0.25) is 0 Å². The number of rotatable bonds is 3. The SMILES string of the molecule is c1cc(N2c3ccccc3CCc3ccc(-c4ncco4)cc32)cc(-n2cccn2)c1. The van der Waals surface area contributed by atoms with Crippen LogP contribution < -0.4 is 4.90 Å². The second-order valence-electron chi connectivity index (χ2n) is 7.62. The molecule has 5 heteroatoms. The Kier molecular flexibility index (Phi) is 4.17. The van der Waals surface area contributed by atoms with Crippen molar-refractivity contribution in [2.24, 2.45) is 0 Å². The Morgan fingerprint density at radius 3 is 2.45 bits per heavy atom. The molecule has 0 unspecified atom stereocenters. The molecule has 3 heterocycles. The number of nitrogens with zero attached hydrogens (tertiary/aromatic N) is 4. The summed E-state index contributed by atoms with van der Waals surface area (Å²) in [5.41, 5.74) is 8.07. The molecule has 2 aromatic heterocycles. The highest BCUT2D eigenvalue weighted by molar-refractivity contribution is 5.84. The molecule has 1 aliphatic rings. The minimum atomic E-state index is 0.630. The summed E-state index contributed by atoms with van der Waals surface area (Å²) in [5, 5.41) is 4.41. The molecule has 1 aliphatic heterocycles. The van der Waals surface area contributed by atoms with Crippen molar-refractivity contribution in [2.45, 2.75) is 12.8 Å². The van der Waals surface area contributed by atoms with E-state index in [-0.39, 0.29) is 0 Å². The number of anilines is 3. The van der Waals surface area contributed by atoms with E-state index < -0.39 is 0 Å². The summed E-state index contributed by atoms with van der Waals surface area (Å²) in [6.45, 7) is 0. The number of oxazole rings is 1. The smallest absolute Gasteiger partial charge is 0.225 e. The monoisotopic (exact) mass is 404 g/mol. The predicted octanol–water partition coefficient (Wildman–Crippen LogP) is 6.10. The highest BCUT2D eigenvalue weighted by atomic mass is 16.3. The number of hydrogen-bond donors (Lipinski definition) is 0. The van der Waals surface area contributed by atoms with Crippen molar-refractivity contribution in [1.29, 1.82) is 0 Å². The third-order valence-corrected chi connectivity index (χ3v) is 5.76. The van der Waals surface area contributed by atoms with Gasteiger partial charge in [0.2, 0.25) is 5.89 Å². The first-order valence-corrected chi connectivity index (χ1v) is 10.4.